The monoisotopic (exact) mass is 294 g/mol. The molecular weight excluding hydrogens is 264 g/mol. The van der Waals surface area contributed by atoms with E-state index in [9.17, 15) is 0 Å². The Kier molecular flexibility index (Phi) is 6.06. The van der Waals surface area contributed by atoms with Crippen LogP contribution >= 0.6 is 0 Å². The van der Waals surface area contributed by atoms with E-state index in [4.69, 9.17) is 10.5 Å². The van der Waals surface area contributed by atoms with Gasteiger partial charge in [-0.2, -0.15) is 0 Å². The van der Waals surface area contributed by atoms with Crippen LogP contribution in [-0.4, -0.2) is 69.0 Å². The van der Waals surface area contributed by atoms with Gasteiger partial charge in [0.25, 0.3) is 0 Å². The highest BCUT2D eigenvalue weighted by molar-refractivity contribution is 5.67. The second-order valence-corrected chi connectivity index (χ2v) is 6.18. The van der Waals surface area contributed by atoms with E-state index in [2.05, 4.69) is 35.0 Å². The summed E-state index contributed by atoms with van der Waals surface area (Å²) in [6.45, 7) is 6.76. The summed E-state index contributed by atoms with van der Waals surface area (Å²) in [5.41, 5.74) is 8.59. The molecule has 5 heteroatoms. The van der Waals surface area contributed by atoms with Crippen LogP contribution in [0, 0.1) is 5.92 Å². The van der Waals surface area contributed by atoms with Gasteiger partial charge in [-0.25, -0.2) is 0 Å². The number of allylic oxidation sites excluding steroid dienone is 1. The number of likely N-dealkylation sites (N-methyl/N-ethyl adjacent to an activating group) is 1. The van der Waals surface area contributed by atoms with Crippen molar-refractivity contribution in [2.75, 3.05) is 46.9 Å². The number of piperazine rings is 1. The van der Waals surface area contributed by atoms with Crippen LogP contribution in [-0.2, 0) is 4.74 Å². The first-order valence-electron chi connectivity index (χ1n) is 8.10. The first-order valence-corrected chi connectivity index (χ1v) is 8.10. The molecule has 0 aromatic heterocycles. The quantitative estimate of drug-likeness (QED) is 0.802. The van der Waals surface area contributed by atoms with Crippen LogP contribution in [0.4, 0.5) is 0 Å². The van der Waals surface area contributed by atoms with Crippen molar-refractivity contribution in [1.82, 2.24) is 9.80 Å². The van der Waals surface area contributed by atoms with Crippen molar-refractivity contribution in [3.05, 3.63) is 11.4 Å². The minimum absolute atomic E-state index is 0.394. The van der Waals surface area contributed by atoms with Gasteiger partial charge in [0.05, 0.1) is 24.9 Å². The third-order valence-corrected chi connectivity index (χ3v) is 4.57. The van der Waals surface area contributed by atoms with Gasteiger partial charge in [-0.1, -0.05) is 19.8 Å². The maximum Gasteiger partial charge on any atom is 0.0798 e. The predicted molar refractivity (Wildman–Crippen MR) is 87.5 cm³/mol. The fourth-order valence-corrected chi connectivity index (χ4v) is 3.28. The van der Waals surface area contributed by atoms with Gasteiger partial charge in [0.1, 0.15) is 0 Å². The van der Waals surface area contributed by atoms with Crippen molar-refractivity contribution in [2.24, 2.45) is 16.6 Å². The Hall–Kier alpha value is -1.07. The van der Waals surface area contributed by atoms with Gasteiger partial charge >= 0.3 is 0 Å². The topological polar surface area (TPSA) is 54.1 Å². The van der Waals surface area contributed by atoms with E-state index in [1.165, 1.54) is 18.5 Å². The van der Waals surface area contributed by atoms with Gasteiger partial charge in [0, 0.05) is 44.6 Å². The predicted octanol–water partition coefficient (Wildman–Crippen LogP) is 1.31. The van der Waals surface area contributed by atoms with Crippen molar-refractivity contribution in [3.63, 3.8) is 0 Å². The largest absolute Gasteiger partial charge is 0.399 e. The van der Waals surface area contributed by atoms with E-state index in [0.717, 1.165) is 38.4 Å². The summed E-state index contributed by atoms with van der Waals surface area (Å²) in [7, 11) is 3.95. The maximum atomic E-state index is 6.31. The zero-order valence-electron chi connectivity index (χ0n) is 13.7. The second-order valence-electron chi connectivity index (χ2n) is 6.18. The smallest absolute Gasteiger partial charge is 0.0798 e. The van der Waals surface area contributed by atoms with Crippen LogP contribution in [0.1, 0.15) is 26.2 Å². The molecule has 0 bridgehead atoms. The van der Waals surface area contributed by atoms with E-state index in [1.54, 1.807) is 7.11 Å². The standard InChI is InChI=1S/C16H30N4O/c1-4-5-6-13-9-18-10-15(17)16(13)20-8-7-19(2)14(11-20)12-21-3/h9,13-14H,4-8,10-12,17H2,1-3H3. The molecule has 0 aliphatic carbocycles. The number of hydrogen-bond acceptors (Lipinski definition) is 5. The van der Waals surface area contributed by atoms with Gasteiger partial charge in [-0.05, 0) is 13.5 Å². The lowest BCUT2D eigenvalue weighted by Crippen LogP contribution is -2.54. The Morgan fingerprint density at radius 3 is 2.95 bits per heavy atom. The fraction of sp³-hybridized carbons (Fsp3) is 0.812. The minimum atomic E-state index is 0.394. The van der Waals surface area contributed by atoms with Crippen LogP contribution in [0.15, 0.2) is 16.4 Å². The van der Waals surface area contributed by atoms with Gasteiger partial charge < -0.3 is 15.4 Å². The number of dihydropyridines is 1. The summed E-state index contributed by atoms with van der Waals surface area (Å²) in [6, 6.07) is 0.440. The molecule has 0 aromatic carbocycles. The van der Waals surface area contributed by atoms with E-state index in [0.29, 0.717) is 18.5 Å². The Morgan fingerprint density at radius 1 is 1.43 bits per heavy atom. The molecule has 0 amide bonds. The Morgan fingerprint density at radius 2 is 2.24 bits per heavy atom. The number of ether oxygens (including phenoxy) is 1. The molecule has 2 aliphatic rings. The summed E-state index contributed by atoms with van der Waals surface area (Å²) >= 11 is 0. The van der Waals surface area contributed by atoms with Crippen LogP contribution in [0.25, 0.3) is 0 Å². The molecule has 2 unspecified atom stereocenters. The van der Waals surface area contributed by atoms with Crippen LogP contribution in [0.5, 0.6) is 0 Å². The molecule has 2 atom stereocenters. The van der Waals surface area contributed by atoms with E-state index >= 15 is 0 Å². The van der Waals surface area contributed by atoms with Gasteiger partial charge in [0.2, 0.25) is 0 Å². The number of methoxy groups -OCH3 is 1. The first kappa shape index (κ1) is 16.3. The number of hydrogen-bond donors (Lipinski definition) is 1. The molecule has 1 fully saturated rings. The van der Waals surface area contributed by atoms with Crippen LogP contribution in [0.2, 0.25) is 0 Å². The Labute approximate surface area is 128 Å². The summed E-state index contributed by atoms with van der Waals surface area (Å²) in [4.78, 5) is 9.30. The highest BCUT2D eigenvalue weighted by atomic mass is 16.5. The number of rotatable bonds is 6. The van der Waals surface area contributed by atoms with Gasteiger partial charge in [-0.15, -0.1) is 0 Å². The van der Waals surface area contributed by atoms with Crippen molar-refractivity contribution < 1.29 is 4.74 Å². The minimum Gasteiger partial charge on any atom is -0.399 e. The first-order chi connectivity index (χ1) is 10.2. The van der Waals surface area contributed by atoms with Crippen LogP contribution in [0.3, 0.4) is 0 Å². The average molecular weight is 294 g/mol. The van der Waals surface area contributed by atoms with E-state index in [-0.39, 0.29) is 0 Å². The lowest BCUT2D eigenvalue weighted by Gasteiger charge is -2.43. The molecule has 21 heavy (non-hydrogen) atoms. The summed E-state index contributed by atoms with van der Waals surface area (Å²) in [6.07, 6.45) is 5.71. The maximum absolute atomic E-state index is 6.31. The normalized spacial score (nSPS) is 27.5. The SMILES string of the molecule is CCCCC1C=NCC(N)=C1N1CCN(C)C(COC)C1. The van der Waals surface area contributed by atoms with Crippen molar-refractivity contribution >= 4 is 6.21 Å². The highest BCUT2D eigenvalue weighted by Crippen LogP contribution is 2.27. The average Bonchev–Trinajstić information content (AvgIpc) is 2.48. The molecule has 1 saturated heterocycles. The van der Waals surface area contributed by atoms with Crippen molar-refractivity contribution in [1.29, 1.82) is 0 Å². The summed E-state index contributed by atoms with van der Waals surface area (Å²) < 4.78 is 5.36. The lowest BCUT2D eigenvalue weighted by atomic mass is 9.94. The molecule has 2 rings (SSSR count). The van der Waals surface area contributed by atoms with E-state index < -0.39 is 0 Å². The molecule has 0 radical (unpaired) electrons. The highest BCUT2D eigenvalue weighted by Gasteiger charge is 2.30. The molecule has 2 heterocycles. The molecular formula is C16H30N4O. The van der Waals surface area contributed by atoms with Crippen LogP contribution < -0.4 is 5.73 Å². The fourth-order valence-electron chi connectivity index (χ4n) is 3.28. The number of nitrogens with zero attached hydrogens (tertiary/aromatic N) is 3. The molecule has 0 aromatic rings. The van der Waals surface area contributed by atoms with Crippen molar-refractivity contribution in [3.8, 4) is 0 Å². The summed E-state index contributed by atoms with van der Waals surface area (Å²) in [5.74, 6) is 0.394. The third-order valence-electron chi connectivity index (χ3n) is 4.57. The Bertz CT molecular complexity index is 394. The molecule has 2 aliphatic heterocycles. The van der Waals surface area contributed by atoms with Crippen molar-refractivity contribution in [2.45, 2.75) is 32.2 Å². The number of aliphatic imine (C=N–C) groups is 1. The molecule has 0 spiro atoms. The van der Waals surface area contributed by atoms with Gasteiger partial charge in [-0.3, -0.25) is 9.89 Å². The Balaban J connectivity index is 2.09. The zero-order chi connectivity index (χ0) is 15.2. The molecule has 5 nitrogen and oxygen atoms in total. The third kappa shape index (κ3) is 3.98. The molecule has 0 saturated carbocycles. The molecule has 120 valence electrons. The second kappa shape index (κ2) is 7.80. The summed E-state index contributed by atoms with van der Waals surface area (Å²) in [5, 5.41) is 0. The molecule has 2 N–H and O–H groups in total. The number of unbranched alkanes of at least 4 members (excludes halogenated alkanes) is 1. The van der Waals surface area contributed by atoms with E-state index in [1.807, 2.05) is 0 Å². The van der Waals surface area contributed by atoms with Gasteiger partial charge in [0.15, 0.2) is 0 Å². The lowest BCUT2D eigenvalue weighted by molar-refractivity contribution is 0.0497. The number of nitrogens with two attached hydrogens (primary N) is 1. The zero-order valence-corrected chi connectivity index (χ0v) is 13.7.